The van der Waals surface area contributed by atoms with E-state index in [9.17, 15) is 0 Å². The van der Waals surface area contributed by atoms with Crippen molar-refractivity contribution >= 4 is 12.6 Å². The number of likely N-dealkylation sites (N-methyl/N-ethyl adjacent to an activating group) is 1. The molecule has 1 aromatic rings. The second-order valence-electron chi connectivity index (χ2n) is 5.03. The molecule has 0 amide bonds. The molecule has 2 rings (SSSR count). The lowest BCUT2D eigenvalue weighted by Crippen LogP contribution is -2.47. The summed E-state index contributed by atoms with van der Waals surface area (Å²) in [4.78, 5) is 5.11. The first-order valence-corrected chi connectivity index (χ1v) is 7.57. The number of piperazine rings is 1. The van der Waals surface area contributed by atoms with E-state index in [-0.39, 0.29) is 0 Å². The van der Waals surface area contributed by atoms with Crippen LogP contribution in [0.3, 0.4) is 0 Å². The third-order valence-electron chi connectivity index (χ3n) is 3.88. The first-order chi connectivity index (χ1) is 8.83. The minimum absolute atomic E-state index is 0.558. The summed E-state index contributed by atoms with van der Waals surface area (Å²) in [6.07, 6.45) is 0. The van der Waals surface area contributed by atoms with Crippen molar-refractivity contribution in [3.05, 3.63) is 35.9 Å². The molecule has 1 heterocycles. The predicted octanol–water partition coefficient (Wildman–Crippen LogP) is 2.34. The molecule has 0 radical (unpaired) electrons. The lowest BCUT2D eigenvalue weighted by Gasteiger charge is -2.35. The van der Waals surface area contributed by atoms with Gasteiger partial charge in [-0.05, 0) is 17.9 Å². The summed E-state index contributed by atoms with van der Waals surface area (Å²) in [6.45, 7) is 9.40. The van der Waals surface area contributed by atoms with Gasteiger partial charge in [0.15, 0.2) is 0 Å². The average Bonchev–Trinajstić information content (AvgIpc) is 2.46. The number of rotatable bonds is 5. The summed E-state index contributed by atoms with van der Waals surface area (Å²) in [7, 11) is 0. The molecule has 0 saturated carbocycles. The fourth-order valence-electron chi connectivity index (χ4n) is 2.59. The molecule has 0 aliphatic carbocycles. The zero-order chi connectivity index (χ0) is 12.8. The Morgan fingerprint density at radius 2 is 1.67 bits per heavy atom. The largest absolute Gasteiger partial charge is 0.301 e. The second-order valence-corrected chi connectivity index (χ2v) is 5.39. The molecule has 18 heavy (non-hydrogen) atoms. The van der Waals surface area contributed by atoms with Gasteiger partial charge in [-0.2, -0.15) is 12.6 Å². The van der Waals surface area contributed by atoms with Crippen molar-refractivity contribution in [3.63, 3.8) is 0 Å². The van der Waals surface area contributed by atoms with Gasteiger partial charge in [0.2, 0.25) is 0 Å². The van der Waals surface area contributed by atoms with Crippen LogP contribution in [0.2, 0.25) is 0 Å². The Hall–Kier alpha value is -0.510. The van der Waals surface area contributed by atoms with Crippen LogP contribution < -0.4 is 0 Å². The van der Waals surface area contributed by atoms with Gasteiger partial charge in [0.25, 0.3) is 0 Å². The molecule has 0 bridgehead atoms. The van der Waals surface area contributed by atoms with Crippen LogP contribution in [-0.4, -0.2) is 54.8 Å². The molecule has 1 unspecified atom stereocenters. The van der Waals surface area contributed by atoms with Gasteiger partial charge in [0.1, 0.15) is 0 Å². The summed E-state index contributed by atoms with van der Waals surface area (Å²) in [5.41, 5.74) is 1.42. The maximum Gasteiger partial charge on any atom is 0.0110 e. The Morgan fingerprint density at radius 1 is 1.06 bits per heavy atom. The highest BCUT2D eigenvalue weighted by Gasteiger charge is 2.19. The maximum absolute atomic E-state index is 4.53. The SMILES string of the molecule is CCN1CCN(CC(CS)c2ccccc2)CC1. The van der Waals surface area contributed by atoms with Gasteiger partial charge in [-0.15, -0.1) is 0 Å². The highest BCUT2D eigenvalue weighted by Crippen LogP contribution is 2.19. The third-order valence-corrected chi connectivity index (χ3v) is 4.32. The maximum atomic E-state index is 4.53. The van der Waals surface area contributed by atoms with Crippen molar-refractivity contribution in [2.45, 2.75) is 12.8 Å². The van der Waals surface area contributed by atoms with Crippen LogP contribution in [0.4, 0.5) is 0 Å². The van der Waals surface area contributed by atoms with Gasteiger partial charge >= 0.3 is 0 Å². The third kappa shape index (κ3) is 3.74. The van der Waals surface area contributed by atoms with Crippen LogP contribution in [0.15, 0.2) is 30.3 Å². The molecule has 1 aliphatic heterocycles. The molecule has 3 heteroatoms. The Kier molecular flexibility index (Phi) is 5.54. The van der Waals surface area contributed by atoms with Crippen LogP contribution in [0.25, 0.3) is 0 Å². The fourth-order valence-corrected chi connectivity index (χ4v) is 2.92. The molecular weight excluding hydrogens is 240 g/mol. The molecule has 1 aromatic carbocycles. The standard InChI is InChI=1S/C15H24N2S/c1-2-16-8-10-17(11-9-16)12-15(13-18)14-6-4-3-5-7-14/h3-7,15,18H,2,8-13H2,1H3. The van der Waals surface area contributed by atoms with Gasteiger partial charge in [0, 0.05) is 38.6 Å². The van der Waals surface area contributed by atoms with Crippen molar-refractivity contribution in [3.8, 4) is 0 Å². The Morgan fingerprint density at radius 3 is 2.22 bits per heavy atom. The van der Waals surface area contributed by atoms with E-state index in [1.807, 2.05) is 0 Å². The van der Waals surface area contributed by atoms with Crippen molar-refractivity contribution in [1.82, 2.24) is 9.80 Å². The molecule has 1 saturated heterocycles. The summed E-state index contributed by atoms with van der Waals surface area (Å²) < 4.78 is 0. The number of thiol groups is 1. The Balaban J connectivity index is 1.88. The zero-order valence-electron chi connectivity index (χ0n) is 11.3. The fraction of sp³-hybridized carbons (Fsp3) is 0.600. The molecule has 0 N–H and O–H groups in total. The molecule has 1 atom stereocenters. The van der Waals surface area contributed by atoms with Crippen molar-refractivity contribution in [2.75, 3.05) is 45.0 Å². The number of hydrogen-bond acceptors (Lipinski definition) is 3. The summed E-state index contributed by atoms with van der Waals surface area (Å²) in [6, 6.07) is 10.8. The summed E-state index contributed by atoms with van der Waals surface area (Å²) in [5.74, 6) is 1.49. The Bertz CT molecular complexity index is 334. The van der Waals surface area contributed by atoms with E-state index in [0.29, 0.717) is 5.92 Å². The molecule has 0 spiro atoms. The molecule has 0 aromatic heterocycles. The van der Waals surface area contributed by atoms with Crippen LogP contribution in [0.1, 0.15) is 18.4 Å². The number of hydrogen-bond donors (Lipinski definition) is 1. The Labute approximate surface area is 116 Å². The van der Waals surface area contributed by atoms with Crippen molar-refractivity contribution in [1.29, 1.82) is 0 Å². The monoisotopic (exact) mass is 264 g/mol. The van der Waals surface area contributed by atoms with Gasteiger partial charge < -0.3 is 9.80 Å². The lowest BCUT2D eigenvalue weighted by atomic mass is 10.0. The predicted molar refractivity (Wildman–Crippen MR) is 81.6 cm³/mol. The first-order valence-electron chi connectivity index (χ1n) is 6.94. The minimum Gasteiger partial charge on any atom is -0.301 e. The summed E-state index contributed by atoms with van der Waals surface area (Å²) >= 11 is 4.53. The van der Waals surface area contributed by atoms with Crippen LogP contribution >= 0.6 is 12.6 Å². The van der Waals surface area contributed by atoms with E-state index >= 15 is 0 Å². The highest BCUT2D eigenvalue weighted by molar-refractivity contribution is 7.80. The van der Waals surface area contributed by atoms with Gasteiger partial charge in [-0.25, -0.2) is 0 Å². The van der Waals surface area contributed by atoms with Crippen LogP contribution in [0.5, 0.6) is 0 Å². The van der Waals surface area contributed by atoms with Crippen LogP contribution in [0, 0.1) is 0 Å². The smallest absolute Gasteiger partial charge is 0.0110 e. The van der Waals surface area contributed by atoms with Gasteiger partial charge in [-0.1, -0.05) is 37.3 Å². The highest BCUT2D eigenvalue weighted by atomic mass is 32.1. The minimum atomic E-state index is 0.558. The van der Waals surface area contributed by atoms with E-state index < -0.39 is 0 Å². The first kappa shape index (κ1) is 13.9. The topological polar surface area (TPSA) is 6.48 Å². The molecule has 1 aliphatic rings. The van der Waals surface area contributed by atoms with E-state index in [4.69, 9.17) is 0 Å². The number of benzene rings is 1. The van der Waals surface area contributed by atoms with Gasteiger partial charge in [0.05, 0.1) is 0 Å². The molecule has 100 valence electrons. The molecule has 1 fully saturated rings. The van der Waals surface area contributed by atoms with E-state index in [1.165, 1.54) is 38.3 Å². The molecule has 2 nitrogen and oxygen atoms in total. The van der Waals surface area contributed by atoms with Crippen LogP contribution in [-0.2, 0) is 0 Å². The summed E-state index contributed by atoms with van der Waals surface area (Å²) in [5, 5.41) is 0. The quantitative estimate of drug-likeness (QED) is 0.816. The van der Waals surface area contributed by atoms with E-state index in [1.54, 1.807) is 0 Å². The average molecular weight is 264 g/mol. The van der Waals surface area contributed by atoms with E-state index in [0.717, 1.165) is 12.3 Å². The van der Waals surface area contributed by atoms with E-state index in [2.05, 4.69) is 59.7 Å². The second kappa shape index (κ2) is 7.17. The van der Waals surface area contributed by atoms with Crippen molar-refractivity contribution in [2.24, 2.45) is 0 Å². The zero-order valence-corrected chi connectivity index (χ0v) is 12.1. The molecular formula is C15H24N2S. The normalized spacial score (nSPS) is 19.9. The lowest BCUT2D eigenvalue weighted by molar-refractivity contribution is 0.133. The van der Waals surface area contributed by atoms with Gasteiger partial charge in [-0.3, -0.25) is 0 Å². The van der Waals surface area contributed by atoms with Crippen molar-refractivity contribution < 1.29 is 0 Å². The number of nitrogens with zero attached hydrogens (tertiary/aromatic N) is 2.